The van der Waals surface area contributed by atoms with Gasteiger partial charge in [-0.3, -0.25) is 9.48 Å². The molecule has 31 heavy (non-hydrogen) atoms. The summed E-state index contributed by atoms with van der Waals surface area (Å²) in [4.78, 5) is 18.2. The lowest BCUT2D eigenvalue weighted by Crippen LogP contribution is -2.36. The van der Waals surface area contributed by atoms with E-state index in [2.05, 4.69) is 34.6 Å². The molecule has 7 heteroatoms. The molecule has 0 saturated carbocycles. The first-order valence-electron chi connectivity index (χ1n) is 10.6. The van der Waals surface area contributed by atoms with Crippen LogP contribution in [0.3, 0.4) is 0 Å². The molecule has 1 aromatic carbocycles. The van der Waals surface area contributed by atoms with Crippen molar-refractivity contribution in [3.63, 3.8) is 0 Å². The largest absolute Gasteiger partial charge is 0.348 e. The zero-order valence-electron chi connectivity index (χ0n) is 18.7. The van der Waals surface area contributed by atoms with Crippen molar-refractivity contribution >= 4 is 16.9 Å². The van der Waals surface area contributed by atoms with Crippen LogP contribution in [0.2, 0.25) is 0 Å². The van der Waals surface area contributed by atoms with Crippen LogP contribution in [0.4, 0.5) is 0 Å². The molecule has 4 aromatic rings. The first-order valence-corrected chi connectivity index (χ1v) is 10.6. The minimum atomic E-state index is -0.129. The highest BCUT2D eigenvalue weighted by Gasteiger charge is 2.21. The van der Waals surface area contributed by atoms with Gasteiger partial charge in [0.05, 0.1) is 34.6 Å². The molecule has 1 atom stereocenters. The molecule has 4 rings (SSSR count). The minimum Gasteiger partial charge on any atom is -0.348 e. The third kappa shape index (κ3) is 4.21. The Kier molecular flexibility index (Phi) is 5.59. The molecule has 1 amide bonds. The van der Waals surface area contributed by atoms with Crippen LogP contribution in [0, 0.1) is 20.8 Å². The predicted molar refractivity (Wildman–Crippen MR) is 122 cm³/mol. The maximum atomic E-state index is 13.3. The average molecular weight is 417 g/mol. The highest BCUT2D eigenvalue weighted by atomic mass is 16.1. The summed E-state index contributed by atoms with van der Waals surface area (Å²) in [6.07, 6.45) is 1.92. The number of benzene rings is 1. The zero-order valence-corrected chi connectivity index (χ0v) is 18.7. The molecule has 0 aliphatic rings. The highest BCUT2D eigenvalue weighted by molar-refractivity contribution is 6.07. The van der Waals surface area contributed by atoms with E-state index in [0.29, 0.717) is 18.7 Å². The summed E-state index contributed by atoms with van der Waals surface area (Å²) in [5.74, 6) is -0.129. The number of fused-ring (bicyclic) bond motifs is 1. The number of carbonyl (C=O) groups excluding carboxylic acids is 1. The second-order valence-electron chi connectivity index (χ2n) is 8.07. The van der Waals surface area contributed by atoms with Crippen molar-refractivity contribution < 1.29 is 4.79 Å². The van der Waals surface area contributed by atoms with E-state index in [-0.39, 0.29) is 11.9 Å². The Labute approximate surface area is 182 Å². The van der Waals surface area contributed by atoms with E-state index in [9.17, 15) is 4.79 Å². The second-order valence-corrected chi connectivity index (χ2v) is 8.07. The topological polar surface area (TPSA) is 77.6 Å². The third-order valence-corrected chi connectivity index (χ3v) is 5.38. The molecular formula is C24H28N6O. The van der Waals surface area contributed by atoms with Gasteiger partial charge in [-0.1, -0.05) is 29.8 Å². The number of hydrogen-bond acceptors (Lipinski definition) is 4. The maximum Gasteiger partial charge on any atom is 0.252 e. The van der Waals surface area contributed by atoms with Crippen LogP contribution in [-0.2, 0) is 13.1 Å². The summed E-state index contributed by atoms with van der Waals surface area (Å²) < 4.78 is 3.70. The van der Waals surface area contributed by atoms with E-state index < -0.39 is 0 Å². The number of hydrogen-bond donors (Lipinski definition) is 1. The monoisotopic (exact) mass is 416 g/mol. The zero-order chi connectivity index (χ0) is 22.1. The van der Waals surface area contributed by atoms with Gasteiger partial charge < -0.3 is 5.32 Å². The number of pyridine rings is 1. The molecule has 0 spiro atoms. The van der Waals surface area contributed by atoms with Crippen molar-refractivity contribution in [1.29, 1.82) is 0 Å². The number of amides is 1. The van der Waals surface area contributed by atoms with Gasteiger partial charge in [0.25, 0.3) is 5.91 Å². The lowest BCUT2D eigenvalue weighted by atomic mass is 10.0. The third-order valence-electron chi connectivity index (χ3n) is 5.38. The Bertz CT molecular complexity index is 1240. The molecule has 160 valence electrons. The van der Waals surface area contributed by atoms with E-state index in [1.807, 2.05) is 67.5 Å². The summed E-state index contributed by atoms with van der Waals surface area (Å²) in [6, 6.07) is 11.9. The molecule has 0 bridgehead atoms. The molecular weight excluding hydrogens is 388 g/mol. The molecule has 0 radical (unpaired) electrons. The first-order chi connectivity index (χ1) is 14.9. The van der Waals surface area contributed by atoms with Crippen LogP contribution in [0.25, 0.3) is 22.3 Å². The normalized spacial score (nSPS) is 12.3. The summed E-state index contributed by atoms with van der Waals surface area (Å²) in [5.41, 5.74) is 6.02. The van der Waals surface area contributed by atoms with Gasteiger partial charge in [0, 0.05) is 24.3 Å². The van der Waals surface area contributed by atoms with Gasteiger partial charge in [0.15, 0.2) is 5.65 Å². The molecule has 1 unspecified atom stereocenters. The van der Waals surface area contributed by atoms with Crippen LogP contribution in [-0.4, -0.2) is 36.5 Å². The number of aromatic nitrogens is 5. The van der Waals surface area contributed by atoms with Gasteiger partial charge in [-0.2, -0.15) is 10.2 Å². The van der Waals surface area contributed by atoms with Gasteiger partial charge in [-0.05, 0) is 46.8 Å². The molecule has 0 aliphatic heterocycles. The van der Waals surface area contributed by atoms with Crippen LogP contribution in [0.15, 0.2) is 42.6 Å². The fraction of sp³-hybridized carbons (Fsp3) is 0.333. The van der Waals surface area contributed by atoms with E-state index in [0.717, 1.165) is 33.7 Å². The molecule has 0 aliphatic carbocycles. The fourth-order valence-corrected chi connectivity index (χ4v) is 3.82. The Morgan fingerprint density at radius 3 is 2.48 bits per heavy atom. The van der Waals surface area contributed by atoms with Crippen LogP contribution in [0.5, 0.6) is 0 Å². The standard InChI is InChI=1S/C24H28N6O/c1-6-30-23-22(18(5)28-30)20(13-21(26-23)19-9-7-15(2)8-10-19)24(31)25-17(4)14-29-12-11-16(3)27-29/h7-13,17H,6,14H2,1-5H3,(H,25,31). The number of aryl methyl sites for hydroxylation is 4. The average Bonchev–Trinajstić information content (AvgIpc) is 3.30. The van der Waals surface area contributed by atoms with E-state index in [4.69, 9.17) is 4.98 Å². The van der Waals surface area contributed by atoms with Crippen LogP contribution >= 0.6 is 0 Å². The van der Waals surface area contributed by atoms with Crippen molar-refractivity contribution in [2.45, 2.75) is 53.8 Å². The van der Waals surface area contributed by atoms with Gasteiger partial charge >= 0.3 is 0 Å². The molecule has 1 N–H and O–H groups in total. The van der Waals surface area contributed by atoms with Crippen LogP contribution in [0.1, 0.15) is 41.2 Å². The van der Waals surface area contributed by atoms with Gasteiger partial charge in [0.1, 0.15) is 0 Å². The van der Waals surface area contributed by atoms with Crippen molar-refractivity contribution in [2.75, 3.05) is 0 Å². The lowest BCUT2D eigenvalue weighted by Gasteiger charge is -2.15. The van der Waals surface area contributed by atoms with Crippen LogP contribution < -0.4 is 5.32 Å². The fourth-order valence-electron chi connectivity index (χ4n) is 3.82. The Morgan fingerprint density at radius 2 is 1.84 bits per heavy atom. The van der Waals surface area contributed by atoms with Gasteiger partial charge in [-0.15, -0.1) is 0 Å². The molecule has 0 fully saturated rings. The van der Waals surface area contributed by atoms with E-state index in [1.165, 1.54) is 5.56 Å². The predicted octanol–water partition coefficient (Wildman–Crippen LogP) is 4.06. The molecule has 3 aromatic heterocycles. The highest BCUT2D eigenvalue weighted by Crippen LogP contribution is 2.27. The Morgan fingerprint density at radius 1 is 1.10 bits per heavy atom. The number of rotatable bonds is 6. The second kappa shape index (κ2) is 8.34. The maximum absolute atomic E-state index is 13.3. The van der Waals surface area contributed by atoms with Crippen molar-refractivity contribution in [1.82, 2.24) is 29.9 Å². The van der Waals surface area contributed by atoms with E-state index in [1.54, 1.807) is 0 Å². The molecule has 7 nitrogen and oxygen atoms in total. The summed E-state index contributed by atoms with van der Waals surface area (Å²) >= 11 is 0. The smallest absolute Gasteiger partial charge is 0.252 e. The SMILES string of the molecule is CCn1nc(C)c2c(C(=O)NC(C)Cn3ccc(C)n3)cc(-c3ccc(C)cc3)nc21. The molecule has 3 heterocycles. The van der Waals surface area contributed by atoms with Crippen molar-refractivity contribution in [3.05, 3.63) is 65.1 Å². The molecule has 0 saturated heterocycles. The number of carbonyl (C=O) groups is 1. The number of nitrogens with zero attached hydrogens (tertiary/aromatic N) is 5. The Hall–Kier alpha value is -3.48. The van der Waals surface area contributed by atoms with Crippen molar-refractivity contribution in [3.8, 4) is 11.3 Å². The summed E-state index contributed by atoms with van der Waals surface area (Å²) in [7, 11) is 0. The summed E-state index contributed by atoms with van der Waals surface area (Å²) in [5, 5.41) is 12.9. The quantitative estimate of drug-likeness (QED) is 0.514. The van der Waals surface area contributed by atoms with Gasteiger partial charge in [-0.25, -0.2) is 9.67 Å². The Balaban J connectivity index is 1.73. The van der Waals surface area contributed by atoms with Crippen molar-refractivity contribution in [2.24, 2.45) is 0 Å². The van der Waals surface area contributed by atoms with Gasteiger partial charge in [0.2, 0.25) is 0 Å². The minimum absolute atomic E-state index is 0.0839. The summed E-state index contributed by atoms with van der Waals surface area (Å²) in [6.45, 7) is 11.2. The number of nitrogens with one attached hydrogen (secondary N) is 1. The lowest BCUT2D eigenvalue weighted by molar-refractivity contribution is 0.0937. The first kappa shape index (κ1) is 20.8. The van der Waals surface area contributed by atoms with E-state index >= 15 is 0 Å².